The number of hydrogen-bond donors (Lipinski definition) is 1. The van der Waals surface area contributed by atoms with Gasteiger partial charge in [0.15, 0.2) is 0 Å². The molecule has 0 amide bonds. The molecule has 3 rings (SSSR count). The topological polar surface area (TPSA) is 49.4 Å². The van der Waals surface area contributed by atoms with Crippen molar-refractivity contribution in [3.05, 3.63) is 89.4 Å². The fourth-order valence-corrected chi connectivity index (χ4v) is 3.74. The van der Waals surface area contributed by atoms with Crippen molar-refractivity contribution >= 4 is 33.0 Å². The third-order valence-corrected chi connectivity index (χ3v) is 5.60. The summed E-state index contributed by atoms with van der Waals surface area (Å²) < 4.78 is 27.4. The highest BCUT2D eigenvalue weighted by atomic mass is 35.5. The number of rotatable bonds is 6. The van der Waals surface area contributed by atoms with Gasteiger partial charge >= 0.3 is 0 Å². The van der Waals surface area contributed by atoms with Gasteiger partial charge in [0.25, 0.3) is 10.0 Å². The van der Waals surface area contributed by atoms with E-state index in [0.29, 0.717) is 10.7 Å². The van der Waals surface area contributed by atoms with Crippen LogP contribution in [0.15, 0.2) is 83.8 Å². The van der Waals surface area contributed by atoms with Crippen molar-refractivity contribution in [1.29, 1.82) is 0 Å². The second-order valence-electron chi connectivity index (χ2n) is 5.95. The Kier molecular flexibility index (Phi) is 5.49. The number of sulfonamides is 1. The van der Waals surface area contributed by atoms with Crippen LogP contribution in [0.4, 0.5) is 11.4 Å². The molecule has 26 heavy (non-hydrogen) atoms. The first kappa shape index (κ1) is 18.3. The van der Waals surface area contributed by atoms with Crippen molar-refractivity contribution in [3.63, 3.8) is 0 Å². The Hall–Kier alpha value is -2.50. The average Bonchev–Trinajstić information content (AvgIpc) is 2.63. The van der Waals surface area contributed by atoms with Crippen LogP contribution >= 0.6 is 11.6 Å². The summed E-state index contributed by atoms with van der Waals surface area (Å²) in [4.78, 5) is 2.28. The Bertz CT molecular complexity index is 957. The standard InChI is InChI=1S/C20H19ClN2O2S/c1-23(15-16-5-3-2-4-6-16)19-11-9-18(10-12-19)22-26(24,25)20-13-7-17(21)8-14-20/h2-14,22H,15H2,1H3. The first-order chi connectivity index (χ1) is 12.4. The van der Waals surface area contributed by atoms with Crippen LogP contribution in [0.25, 0.3) is 0 Å². The lowest BCUT2D eigenvalue weighted by molar-refractivity contribution is 0.601. The molecule has 0 radical (unpaired) electrons. The van der Waals surface area contributed by atoms with Gasteiger partial charge in [0, 0.05) is 30.0 Å². The van der Waals surface area contributed by atoms with Crippen LogP contribution in [-0.4, -0.2) is 15.5 Å². The van der Waals surface area contributed by atoms with Gasteiger partial charge in [-0.3, -0.25) is 4.72 Å². The third kappa shape index (κ3) is 4.56. The molecule has 0 aliphatic carbocycles. The predicted molar refractivity (Wildman–Crippen MR) is 107 cm³/mol. The third-order valence-electron chi connectivity index (χ3n) is 3.95. The zero-order valence-corrected chi connectivity index (χ0v) is 15.8. The maximum atomic E-state index is 12.4. The van der Waals surface area contributed by atoms with E-state index < -0.39 is 10.0 Å². The first-order valence-corrected chi connectivity index (χ1v) is 9.94. The SMILES string of the molecule is CN(Cc1ccccc1)c1ccc(NS(=O)(=O)c2ccc(Cl)cc2)cc1. The molecule has 0 aliphatic rings. The van der Waals surface area contributed by atoms with E-state index in [0.717, 1.165) is 12.2 Å². The first-order valence-electron chi connectivity index (χ1n) is 8.07. The molecule has 0 aliphatic heterocycles. The van der Waals surface area contributed by atoms with Crippen molar-refractivity contribution in [2.75, 3.05) is 16.7 Å². The lowest BCUT2D eigenvalue weighted by Crippen LogP contribution is -2.16. The Morgan fingerprint density at radius 3 is 2.12 bits per heavy atom. The van der Waals surface area contributed by atoms with Gasteiger partial charge in [0.1, 0.15) is 0 Å². The van der Waals surface area contributed by atoms with Gasteiger partial charge in [-0.2, -0.15) is 0 Å². The smallest absolute Gasteiger partial charge is 0.261 e. The van der Waals surface area contributed by atoms with E-state index in [1.165, 1.54) is 17.7 Å². The molecule has 3 aromatic carbocycles. The minimum atomic E-state index is -3.63. The second-order valence-corrected chi connectivity index (χ2v) is 8.07. The Balaban J connectivity index is 1.70. The number of nitrogens with zero attached hydrogens (tertiary/aromatic N) is 1. The molecule has 0 saturated carbocycles. The van der Waals surface area contributed by atoms with E-state index in [9.17, 15) is 8.42 Å². The molecule has 134 valence electrons. The molecule has 0 atom stereocenters. The normalized spacial score (nSPS) is 11.2. The number of benzene rings is 3. The molecule has 0 spiro atoms. The Labute approximate surface area is 159 Å². The second kappa shape index (κ2) is 7.81. The minimum Gasteiger partial charge on any atom is -0.370 e. The summed E-state index contributed by atoms with van der Waals surface area (Å²) in [5.74, 6) is 0. The van der Waals surface area contributed by atoms with Crippen LogP contribution in [-0.2, 0) is 16.6 Å². The Morgan fingerprint density at radius 2 is 1.50 bits per heavy atom. The molecule has 6 heteroatoms. The van der Waals surface area contributed by atoms with Gasteiger partial charge in [-0.1, -0.05) is 41.9 Å². The van der Waals surface area contributed by atoms with E-state index in [2.05, 4.69) is 21.8 Å². The number of hydrogen-bond acceptors (Lipinski definition) is 3. The average molecular weight is 387 g/mol. The molecular formula is C20H19ClN2O2S. The van der Waals surface area contributed by atoms with E-state index in [1.54, 1.807) is 24.3 Å². The van der Waals surface area contributed by atoms with Gasteiger partial charge < -0.3 is 4.90 Å². The lowest BCUT2D eigenvalue weighted by Gasteiger charge is -2.20. The van der Waals surface area contributed by atoms with Gasteiger partial charge in [-0.05, 0) is 54.1 Å². The zero-order chi connectivity index (χ0) is 18.6. The Morgan fingerprint density at radius 1 is 0.885 bits per heavy atom. The molecule has 3 aromatic rings. The van der Waals surface area contributed by atoms with Crippen molar-refractivity contribution in [2.24, 2.45) is 0 Å². The van der Waals surface area contributed by atoms with Gasteiger partial charge in [0.05, 0.1) is 4.90 Å². The molecule has 0 bridgehead atoms. The van der Waals surface area contributed by atoms with Crippen LogP contribution in [0.1, 0.15) is 5.56 Å². The summed E-state index contributed by atoms with van der Waals surface area (Å²) in [6.45, 7) is 0.774. The monoisotopic (exact) mass is 386 g/mol. The molecule has 0 unspecified atom stereocenters. The highest BCUT2D eigenvalue weighted by molar-refractivity contribution is 7.92. The molecule has 0 fully saturated rings. The molecule has 0 saturated heterocycles. The highest BCUT2D eigenvalue weighted by Gasteiger charge is 2.14. The van der Waals surface area contributed by atoms with Crippen LogP contribution in [0.2, 0.25) is 5.02 Å². The van der Waals surface area contributed by atoms with Crippen molar-refractivity contribution < 1.29 is 8.42 Å². The minimum absolute atomic E-state index is 0.173. The summed E-state index contributed by atoms with van der Waals surface area (Å²) in [6.07, 6.45) is 0. The van der Waals surface area contributed by atoms with Crippen LogP contribution in [0.5, 0.6) is 0 Å². The maximum absolute atomic E-state index is 12.4. The molecule has 1 N–H and O–H groups in total. The van der Waals surface area contributed by atoms with Gasteiger partial charge in [0.2, 0.25) is 0 Å². The van der Waals surface area contributed by atoms with Crippen LogP contribution in [0.3, 0.4) is 0 Å². The van der Waals surface area contributed by atoms with Crippen molar-refractivity contribution in [2.45, 2.75) is 11.4 Å². The fraction of sp³-hybridized carbons (Fsp3) is 0.100. The summed E-state index contributed by atoms with van der Waals surface area (Å²) in [5, 5.41) is 0.495. The van der Waals surface area contributed by atoms with Gasteiger partial charge in [-0.25, -0.2) is 8.42 Å². The number of halogens is 1. The quantitative estimate of drug-likeness (QED) is 0.663. The fourth-order valence-electron chi connectivity index (χ4n) is 2.56. The predicted octanol–water partition coefficient (Wildman–Crippen LogP) is 4.78. The highest BCUT2D eigenvalue weighted by Crippen LogP contribution is 2.22. The summed E-state index contributed by atoms with van der Waals surface area (Å²) in [7, 11) is -1.63. The van der Waals surface area contributed by atoms with E-state index >= 15 is 0 Å². The maximum Gasteiger partial charge on any atom is 0.261 e. The summed E-state index contributed by atoms with van der Waals surface area (Å²) in [6, 6.07) is 23.5. The largest absolute Gasteiger partial charge is 0.370 e. The molecule has 4 nitrogen and oxygen atoms in total. The van der Waals surface area contributed by atoms with Gasteiger partial charge in [-0.15, -0.1) is 0 Å². The molecule has 0 heterocycles. The summed E-state index contributed by atoms with van der Waals surface area (Å²) in [5.41, 5.74) is 2.72. The molecule has 0 aromatic heterocycles. The number of nitrogens with one attached hydrogen (secondary N) is 1. The number of anilines is 2. The van der Waals surface area contributed by atoms with Crippen LogP contribution in [0, 0.1) is 0 Å². The summed E-state index contributed by atoms with van der Waals surface area (Å²) >= 11 is 5.81. The van der Waals surface area contributed by atoms with Crippen molar-refractivity contribution in [3.8, 4) is 0 Å². The molecular weight excluding hydrogens is 368 g/mol. The van der Waals surface area contributed by atoms with Crippen molar-refractivity contribution in [1.82, 2.24) is 0 Å². The van der Waals surface area contributed by atoms with E-state index in [-0.39, 0.29) is 4.90 Å². The zero-order valence-electron chi connectivity index (χ0n) is 14.3. The van der Waals surface area contributed by atoms with E-state index in [4.69, 9.17) is 11.6 Å². The lowest BCUT2D eigenvalue weighted by atomic mass is 10.2. The van der Waals surface area contributed by atoms with Crippen LogP contribution < -0.4 is 9.62 Å². The van der Waals surface area contributed by atoms with E-state index in [1.807, 2.05) is 37.4 Å².